The van der Waals surface area contributed by atoms with E-state index in [0.29, 0.717) is 18.5 Å². The molecule has 1 aliphatic rings. The van der Waals surface area contributed by atoms with E-state index in [2.05, 4.69) is 22.4 Å². The number of nitrogens with zero attached hydrogens (tertiary/aromatic N) is 1. The van der Waals surface area contributed by atoms with Crippen LogP contribution in [0.5, 0.6) is 5.75 Å². The molecule has 2 aromatic rings. The van der Waals surface area contributed by atoms with E-state index in [1.165, 1.54) is 18.4 Å². The third kappa shape index (κ3) is 4.53. The predicted octanol–water partition coefficient (Wildman–Crippen LogP) is 2.73. The summed E-state index contributed by atoms with van der Waals surface area (Å²) in [4.78, 5) is 3.99. The number of hydrogen-bond donors (Lipinski definition) is 2. The van der Waals surface area contributed by atoms with Crippen LogP contribution < -0.4 is 10.1 Å². The van der Waals surface area contributed by atoms with Crippen LogP contribution in [0.25, 0.3) is 0 Å². The Hall–Kier alpha value is -1.91. The first-order valence-corrected chi connectivity index (χ1v) is 8.20. The predicted molar refractivity (Wildman–Crippen MR) is 90.4 cm³/mol. The van der Waals surface area contributed by atoms with Gasteiger partial charge in [0.05, 0.1) is 13.2 Å². The van der Waals surface area contributed by atoms with E-state index in [0.717, 1.165) is 17.7 Å². The maximum Gasteiger partial charge on any atom is 0.119 e. The van der Waals surface area contributed by atoms with Gasteiger partial charge in [0.1, 0.15) is 5.75 Å². The van der Waals surface area contributed by atoms with Crippen molar-refractivity contribution in [2.24, 2.45) is 5.92 Å². The third-order valence-electron chi connectivity index (χ3n) is 4.45. The molecule has 0 aliphatic heterocycles. The van der Waals surface area contributed by atoms with Gasteiger partial charge in [0.15, 0.2) is 0 Å². The zero-order valence-electron chi connectivity index (χ0n) is 13.5. The van der Waals surface area contributed by atoms with Crippen LogP contribution in [0.2, 0.25) is 0 Å². The second-order valence-corrected chi connectivity index (χ2v) is 6.20. The van der Waals surface area contributed by atoms with E-state index in [4.69, 9.17) is 4.74 Å². The first-order valence-electron chi connectivity index (χ1n) is 8.20. The summed E-state index contributed by atoms with van der Waals surface area (Å²) in [6.07, 6.45) is 6.44. The minimum absolute atomic E-state index is 0.401. The summed E-state index contributed by atoms with van der Waals surface area (Å²) in [6, 6.07) is 12.4. The van der Waals surface area contributed by atoms with Gasteiger partial charge >= 0.3 is 0 Å². The number of aliphatic hydroxyl groups is 1. The van der Waals surface area contributed by atoms with E-state index in [-0.39, 0.29) is 0 Å². The maximum absolute atomic E-state index is 10.3. The van der Waals surface area contributed by atoms with Crippen LogP contribution in [-0.2, 0) is 6.42 Å². The summed E-state index contributed by atoms with van der Waals surface area (Å²) in [5.41, 5.74) is 2.18. The lowest BCUT2D eigenvalue weighted by atomic mass is 10.0. The molecule has 0 saturated heterocycles. The Labute approximate surface area is 137 Å². The van der Waals surface area contributed by atoms with Crippen molar-refractivity contribution in [3.8, 4) is 5.75 Å². The van der Waals surface area contributed by atoms with Crippen molar-refractivity contribution in [1.82, 2.24) is 10.3 Å². The fraction of sp³-hybridized carbons (Fsp3) is 0.421. The molecule has 23 heavy (non-hydrogen) atoms. The molecule has 0 radical (unpaired) electrons. The van der Waals surface area contributed by atoms with E-state index < -0.39 is 6.10 Å². The molecule has 2 atom stereocenters. The van der Waals surface area contributed by atoms with Gasteiger partial charge in [0, 0.05) is 25.0 Å². The smallest absolute Gasteiger partial charge is 0.119 e. The Kier molecular flexibility index (Phi) is 5.26. The Morgan fingerprint density at radius 3 is 2.74 bits per heavy atom. The summed E-state index contributed by atoms with van der Waals surface area (Å²) in [7, 11) is 1.70. The van der Waals surface area contributed by atoms with Crippen molar-refractivity contribution in [3.63, 3.8) is 0 Å². The zero-order chi connectivity index (χ0) is 16.1. The number of pyridine rings is 1. The quantitative estimate of drug-likeness (QED) is 0.787. The molecular formula is C19H24N2O2. The highest BCUT2D eigenvalue weighted by molar-refractivity contribution is 5.29. The normalized spacial score (nSPS) is 16.8. The van der Waals surface area contributed by atoms with Crippen LogP contribution in [-0.4, -0.2) is 29.8 Å². The van der Waals surface area contributed by atoms with Gasteiger partial charge in [-0.3, -0.25) is 4.98 Å². The Bertz CT molecular complexity index is 614. The molecule has 0 spiro atoms. The standard InChI is InChI=1S/C19H24N2O2/c1-23-17-4-2-3-14(11-17)12-18(15-5-6-15)21-13-19(22)16-7-9-20-10-8-16/h2-4,7-11,15,18-19,21-22H,5-6,12-13H2,1H3. The van der Waals surface area contributed by atoms with E-state index in [1.54, 1.807) is 19.5 Å². The number of benzene rings is 1. The maximum atomic E-state index is 10.3. The second-order valence-electron chi connectivity index (χ2n) is 6.20. The Balaban J connectivity index is 1.59. The van der Waals surface area contributed by atoms with Crippen LogP contribution in [0.3, 0.4) is 0 Å². The van der Waals surface area contributed by atoms with Crippen LogP contribution >= 0.6 is 0 Å². The molecule has 2 N–H and O–H groups in total. The van der Waals surface area contributed by atoms with Crippen LogP contribution in [0, 0.1) is 5.92 Å². The number of hydrogen-bond acceptors (Lipinski definition) is 4. The minimum atomic E-state index is -0.496. The molecular weight excluding hydrogens is 288 g/mol. The molecule has 1 aromatic carbocycles. The van der Waals surface area contributed by atoms with Crippen LogP contribution in [0.4, 0.5) is 0 Å². The third-order valence-corrected chi connectivity index (χ3v) is 4.45. The van der Waals surface area contributed by atoms with Crippen molar-refractivity contribution < 1.29 is 9.84 Å². The van der Waals surface area contributed by atoms with Crippen LogP contribution in [0.1, 0.15) is 30.1 Å². The molecule has 122 valence electrons. The van der Waals surface area contributed by atoms with Crippen molar-refractivity contribution >= 4 is 0 Å². The number of aromatic nitrogens is 1. The molecule has 1 aliphatic carbocycles. The summed E-state index contributed by atoms with van der Waals surface area (Å²) >= 11 is 0. The SMILES string of the molecule is COc1cccc(CC(NCC(O)c2ccncc2)C2CC2)c1. The monoisotopic (exact) mass is 312 g/mol. The van der Waals surface area contributed by atoms with Crippen molar-refractivity contribution in [2.75, 3.05) is 13.7 Å². The number of methoxy groups -OCH3 is 1. The molecule has 1 heterocycles. The van der Waals surface area contributed by atoms with Gasteiger partial charge in [-0.2, -0.15) is 0 Å². The van der Waals surface area contributed by atoms with Gasteiger partial charge in [-0.15, -0.1) is 0 Å². The molecule has 1 aromatic heterocycles. The zero-order valence-corrected chi connectivity index (χ0v) is 13.5. The first kappa shape index (κ1) is 16.0. The lowest BCUT2D eigenvalue weighted by Crippen LogP contribution is -2.36. The highest BCUT2D eigenvalue weighted by Gasteiger charge is 2.31. The fourth-order valence-electron chi connectivity index (χ4n) is 2.92. The van der Waals surface area contributed by atoms with Gasteiger partial charge in [-0.25, -0.2) is 0 Å². The summed E-state index contributed by atoms with van der Waals surface area (Å²) in [5.74, 6) is 1.61. The molecule has 0 bridgehead atoms. The van der Waals surface area contributed by atoms with E-state index >= 15 is 0 Å². The Morgan fingerprint density at radius 2 is 2.04 bits per heavy atom. The van der Waals surface area contributed by atoms with Gasteiger partial charge in [-0.05, 0) is 60.6 Å². The van der Waals surface area contributed by atoms with Gasteiger partial charge in [0.25, 0.3) is 0 Å². The lowest BCUT2D eigenvalue weighted by molar-refractivity contribution is 0.167. The summed E-state index contributed by atoms with van der Waals surface area (Å²) in [6.45, 7) is 0.565. The van der Waals surface area contributed by atoms with E-state index in [9.17, 15) is 5.11 Å². The van der Waals surface area contributed by atoms with Crippen molar-refractivity contribution in [2.45, 2.75) is 31.4 Å². The van der Waals surface area contributed by atoms with Crippen molar-refractivity contribution in [3.05, 3.63) is 59.9 Å². The van der Waals surface area contributed by atoms with Gasteiger partial charge in [0.2, 0.25) is 0 Å². The summed E-state index contributed by atoms with van der Waals surface area (Å²) in [5, 5.41) is 13.9. The minimum Gasteiger partial charge on any atom is -0.497 e. The number of rotatable bonds is 8. The van der Waals surface area contributed by atoms with Gasteiger partial charge < -0.3 is 15.2 Å². The van der Waals surface area contributed by atoms with E-state index in [1.807, 2.05) is 24.3 Å². The highest BCUT2D eigenvalue weighted by atomic mass is 16.5. The van der Waals surface area contributed by atoms with Gasteiger partial charge in [-0.1, -0.05) is 12.1 Å². The molecule has 4 heteroatoms. The average molecular weight is 312 g/mol. The number of nitrogens with one attached hydrogen (secondary N) is 1. The number of ether oxygens (including phenoxy) is 1. The topological polar surface area (TPSA) is 54.4 Å². The lowest BCUT2D eigenvalue weighted by Gasteiger charge is -2.21. The highest BCUT2D eigenvalue weighted by Crippen LogP contribution is 2.34. The molecule has 0 amide bonds. The molecule has 2 unspecified atom stereocenters. The molecule has 4 nitrogen and oxygen atoms in total. The molecule has 1 fully saturated rings. The van der Waals surface area contributed by atoms with Crippen LogP contribution in [0.15, 0.2) is 48.8 Å². The summed E-state index contributed by atoms with van der Waals surface area (Å²) < 4.78 is 5.30. The number of aliphatic hydroxyl groups excluding tert-OH is 1. The van der Waals surface area contributed by atoms with Crippen molar-refractivity contribution in [1.29, 1.82) is 0 Å². The first-order chi connectivity index (χ1) is 11.3. The Morgan fingerprint density at radius 1 is 1.26 bits per heavy atom. The fourth-order valence-corrected chi connectivity index (χ4v) is 2.92. The molecule has 3 rings (SSSR count). The second kappa shape index (κ2) is 7.57. The largest absolute Gasteiger partial charge is 0.497 e. The molecule has 1 saturated carbocycles. The average Bonchev–Trinajstić information content (AvgIpc) is 3.44.